The van der Waals surface area contributed by atoms with Crippen LogP contribution >= 0.6 is 0 Å². The van der Waals surface area contributed by atoms with E-state index in [0.717, 1.165) is 5.56 Å². The summed E-state index contributed by atoms with van der Waals surface area (Å²) >= 11 is 0. The lowest BCUT2D eigenvalue weighted by molar-refractivity contribution is -0.386. The third-order valence-electron chi connectivity index (χ3n) is 3.33. The van der Waals surface area contributed by atoms with Crippen LogP contribution in [0, 0.1) is 36.7 Å². The molecule has 0 atom stereocenters. The Bertz CT molecular complexity index is 702. The molecule has 0 fully saturated rings. The van der Waals surface area contributed by atoms with Gasteiger partial charge in [-0.05, 0) is 38.5 Å². The zero-order valence-electron chi connectivity index (χ0n) is 12.1. The van der Waals surface area contributed by atoms with Gasteiger partial charge in [-0.15, -0.1) is 0 Å². The van der Waals surface area contributed by atoms with E-state index in [2.05, 4.69) is 10.3 Å². The van der Waals surface area contributed by atoms with Crippen molar-refractivity contribution in [1.29, 1.82) is 0 Å². The summed E-state index contributed by atoms with van der Waals surface area (Å²) in [6.07, 6.45) is 1.47. The van der Waals surface area contributed by atoms with Gasteiger partial charge in [-0.25, -0.2) is 4.39 Å². The normalized spacial score (nSPS) is 10.5. The molecule has 0 aliphatic rings. The number of benzene rings is 1. The number of nitrogens with zero attached hydrogens (tertiary/aromatic N) is 2. The van der Waals surface area contributed by atoms with Crippen molar-refractivity contribution in [2.45, 2.75) is 27.3 Å². The standard InChI is InChI=1S/C15H16FN3O2/c1-9-4-5-12(16)13(6-9)18-8-14-11(3)15(19(20)21)10(2)7-17-14/h4-7,18H,8H2,1-3H3. The highest BCUT2D eigenvalue weighted by atomic mass is 19.1. The van der Waals surface area contributed by atoms with E-state index in [-0.39, 0.29) is 18.0 Å². The van der Waals surface area contributed by atoms with E-state index >= 15 is 0 Å². The highest BCUT2D eigenvalue weighted by Crippen LogP contribution is 2.25. The Labute approximate surface area is 122 Å². The average Bonchev–Trinajstić information content (AvgIpc) is 2.41. The van der Waals surface area contributed by atoms with Crippen molar-refractivity contribution < 1.29 is 9.31 Å². The van der Waals surface area contributed by atoms with E-state index in [9.17, 15) is 14.5 Å². The van der Waals surface area contributed by atoms with Gasteiger partial charge in [0.15, 0.2) is 0 Å². The van der Waals surface area contributed by atoms with Crippen LogP contribution in [0.1, 0.15) is 22.4 Å². The molecule has 0 amide bonds. The van der Waals surface area contributed by atoms with Gasteiger partial charge >= 0.3 is 0 Å². The molecule has 2 rings (SSSR count). The molecule has 1 heterocycles. The van der Waals surface area contributed by atoms with Crippen molar-refractivity contribution in [2.24, 2.45) is 0 Å². The highest BCUT2D eigenvalue weighted by molar-refractivity contribution is 5.50. The monoisotopic (exact) mass is 289 g/mol. The third kappa shape index (κ3) is 3.16. The number of rotatable bonds is 4. The van der Waals surface area contributed by atoms with Gasteiger partial charge in [0.05, 0.1) is 28.4 Å². The van der Waals surface area contributed by atoms with Crippen LogP contribution in [0.2, 0.25) is 0 Å². The molecule has 2 aromatic rings. The molecule has 0 aliphatic heterocycles. The Balaban J connectivity index is 2.27. The van der Waals surface area contributed by atoms with E-state index < -0.39 is 4.92 Å². The van der Waals surface area contributed by atoms with Crippen LogP contribution in [0.25, 0.3) is 0 Å². The maximum Gasteiger partial charge on any atom is 0.278 e. The number of nitrogens with one attached hydrogen (secondary N) is 1. The summed E-state index contributed by atoms with van der Waals surface area (Å²) in [5.74, 6) is -0.361. The summed E-state index contributed by atoms with van der Waals surface area (Å²) in [6.45, 7) is 5.40. The Kier molecular flexibility index (Phi) is 4.16. The second-order valence-corrected chi connectivity index (χ2v) is 4.96. The van der Waals surface area contributed by atoms with E-state index in [1.165, 1.54) is 12.3 Å². The fourth-order valence-electron chi connectivity index (χ4n) is 2.18. The zero-order valence-corrected chi connectivity index (χ0v) is 12.1. The first kappa shape index (κ1) is 14.9. The van der Waals surface area contributed by atoms with Crippen LogP contribution in [0.4, 0.5) is 15.8 Å². The second-order valence-electron chi connectivity index (χ2n) is 4.96. The summed E-state index contributed by atoms with van der Waals surface area (Å²) < 4.78 is 13.7. The zero-order chi connectivity index (χ0) is 15.6. The van der Waals surface area contributed by atoms with E-state index in [0.29, 0.717) is 22.5 Å². The SMILES string of the molecule is Cc1ccc(F)c(NCc2ncc(C)c([N+](=O)[O-])c2C)c1. The molecule has 0 saturated heterocycles. The minimum atomic E-state index is -0.414. The molecule has 1 aromatic carbocycles. The second kappa shape index (κ2) is 5.87. The van der Waals surface area contributed by atoms with Crippen molar-refractivity contribution >= 4 is 11.4 Å². The number of nitro groups is 1. The summed E-state index contributed by atoms with van der Waals surface area (Å²) in [5.41, 5.74) is 2.90. The van der Waals surface area contributed by atoms with Crippen molar-refractivity contribution in [1.82, 2.24) is 4.98 Å². The molecule has 0 spiro atoms. The summed E-state index contributed by atoms with van der Waals surface area (Å²) in [5, 5.41) is 14.0. The first-order chi connectivity index (χ1) is 9.90. The maximum absolute atomic E-state index is 13.7. The highest BCUT2D eigenvalue weighted by Gasteiger charge is 2.18. The lowest BCUT2D eigenvalue weighted by atomic mass is 10.1. The van der Waals surface area contributed by atoms with Crippen molar-refractivity contribution in [3.05, 3.63) is 62.7 Å². The molecular formula is C15H16FN3O2. The predicted molar refractivity (Wildman–Crippen MR) is 78.8 cm³/mol. The van der Waals surface area contributed by atoms with Gasteiger partial charge in [-0.1, -0.05) is 6.07 Å². The van der Waals surface area contributed by atoms with Crippen molar-refractivity contribution in [2.75, 3.05) is 5.32 Å². The van der Waals surface area contributed by atoms with Crippen LogP contribution in [0.5, 0.6) is 0 Å². The van der Waals surface area contributed by atoms with Gasteiger partial charge in [0.25, 0.3) is 5.69 Å². The number of anilines is 1. The molecule has 0 radical (unpaired) electrons. The number of hydrogen-bond donors (Lipinski definition) is 1. The summed E-state index contributed by atoms with van der Waals surface area (Å²) in [7, 11) is 0. The van der Waals surface area contributed by atoms with E-state index in [1.54, 1.807) is 26.0 Å². The van der Waals surface area contributed by atoms with Gasteiger partial charge in [0, 0.05) is 11.8 Å². The molecule has 0 aliphatic carbocycles. The minimum absolute atomic E-state index is 0.0616. The number of hydrogen-bond acceptors (Lipinski definition) is 4. The molecule has 110 valence electrons. The smallest absolute Gasteiger partial charge is 0.278 e. The molecule has 0 bridgehead atoms. The van der Waals surface area contributed by atoms with Crippen molar-refractivity contribution in [3.8, 4) is 0 Å². The lowest BCUT2D eigenvalue weighted by Gasteiger charge is -2.11. The van der Waals surface area contributed by atoms with Crippen LogP contribution in [0.3, 0.4) is 0 Å². The molecule has 0 saturated carbocycles. The molecule has 0 unspecified atom stereocenters. The summed E-state index contributed by atoms with van der Waals surface area (Å²) in [6, 6.07) is 4.75. The molecular weight excluding hydrogens is 273 g/mol. The molecule has 21 heavy (non-hydrogen) atoms. The van der Waals surface area contributed by atoms with Crippen molar-refractivity contribution in [3.63, 3.8) is 0 Å². The number of pyridine rings is 1. The third-order valence-corrected chi connectivity index (χ3v) is 3.33. The molecule has 6 heteroatoms. The van der Waals surface area contributed by atoms with Crippen LogP contribution < -0.4 is 5.32 Å². The number of aryl methyl sites for hydroxylation is 2. The maximum atomic E-state index is 13.7. The van der Waals surface area contributed by atoms with Gasteiger partial charge < -0.3 is 5.32 Å². The average molecular weight is 289 g/mol. The Morgan fingerprint density at radius 1 is 1.33 bits per heavy atom. The Morgan fingerprint density at radius 2 is 2.05 bits per heavy atom. The molecule has 5 nitrogen and oxygen atoms in total. The van der Waals surface area contributed by atoms with E-state index in [4.69, 9.17) is 0 Å². The van der Waals surface area contributed by atoms with Crippen LogP contribution in [-0.2, 0) is 6.54 Å². The van der Waals surface area contributed by atoms with E-state index in [1.807, 2.05) is 6.92 Å². The molecule has 1 N–H and O–H groups in total. The first-order valence-corrected chi connectivity index (χ1v) is 6.49. The van der Waals surface area contributed by atoms with Gasteiger partial charge in [-0.3, -0.25) is 15.1 Å². The van der Waals surface area contributed by atoms with Crippen LogP contribution in [0.15, 0.2) is 24.4 Å². The first-order valence-electron chi connectivity index (χ1n) is 6.49. The quantitative estimate of drug-likeness (QED) is 0.689. The van der Waals surface area contributed by atoms with Gasteiger partial charge in [0.2, 0.25) is 0 Å². The fourth-order valence-corrected chi connectivity index (χ4v) is 2.18. The minimum Gasteiger partial charge on any atom is -0.377 e. The lowest BCUT2D eigenvalue weighted by Crippen LogP contribution is -2.08. The fraction of sp³-hybridized carbons (Fsp3) is 0.267. The predicted octanol–water partition coefficient (Wildman–Crippen LogP) is 3.67. The number of halogens is 1. The Hall–Kier alpha value is -2.50. The molecule has 1 aromatic heterocycles. The van der Waals surface area contributed by atoms with Gasteiger partial charge in [0.1, 0.15) is 5.82 Å². The summed E-state index contributed by atoms with van der Waals surface area (Å²) in [4.78, 5) is 14.9. The van der Waals surface area contributed by atoms with Crippen LogP contribution in [-0.4, -0.2) is 9.91 Å². The Morgan fingerprint density at radius 3 is 2.71 bits per heavy atom. The van der Waals surface area contributed by atoms with Gasteiger partial charge in [-0.2, -0.15) is 0 Å². The topological polar surface area (TPSA) is 68.1 Å². The largest absolute Gasteiger partial charge is 0.377 e. The number of aromatic nitrogens is 1.